The Balaban J connectivity index is 2.09. The summed E-state index contributed by atoms with van der Waals surface area (Å²) >= 11 is 0. The number of anilines is 1. The molecule has 1 heterocycles. The number of aryl methyl sites for hydroxylation is 2. The summed E-state index contributed by atoms with van der Waals surface area (Å²) in [4.78, 5) is 18.8. The topological polar surface area (TPSA) is 74.7 Å². The third-order valence-corrected chi connectivity index (χ3v) is 4.75. The van der Waals surface area contributed by atoms with E-state index < -0.39 is 0 Å². The number of nitrogens with zero attached hydrogens (tertiary/aromatic N) is 2. The number of amides is 1. The summed E-state index contributed by atoms with van der Waals surface area (Å²) in [7, 11) is 3.71. The zero-order valence-electron chi connectivity index (χ0n) is 17.5. The highest BCUT2D eigenvalue weighted by Gasteiger charge is 2.15. The molecule has 152 valence electrons. The molecule has 0 aliphatic rings. The maximum Gasteiger partial charge on any atom is 0.238 e. The van der Waals surface area contributed by atoms with E-state index >= 15 is 0 Å². The molecule has 0 fully saturated rings. The quantitative estimate of drug-likeness (QED) is 0.659. The number of hydrogen-bond acceptors (Lipinski definition) is 5. The number of phenols is 1. The molecule has 0 aliphatic carbocycles. The first-order valence-electron chi connectivity index (χ1n) is 9.62. The number of benzene rings is 2. The number of aromatic nitrogens is 1. The fourth-order valence-electron chi connectivity index (χ4n) is 3.35. The summed E-state index contributed by atoms with van der Waals surface area (Å²) < 4.78 is 5.51. The van der Waals surface area contributed by atoms with Gasteiger partial charge in [-0.25, -0.2) is 4.98 Å². The SMILES string of the molecule is CCOc1cccc(-c2cc(C)c3ccc(NC(=O)CN(C)C)c(C)c3n2)c1O. The number of nitrogens with one attached hydrogen (secondary N) is 1. The molecular formula is C23H27N3O3. The Morgan fingerprint density at radius 3 is 2.66 bits per heavy atom. The first-order valence-corrected chi connectivity index (χ1v) is 9.62. The van der Waals surface area contributed by atoms with Gasteiger partial charge in [0.2, 0.25) is 5.91 Å². The van der Waals surface area contributed by atoms with Crippen LogP contribution in [0.25, 0.3) is 22.2 Å². The predicted molar refractivity (Wildman–Crippen MR) is 117 cm³/mol. The van der Waals surface area contributed by atoms with E-state index in [2.05, 4.69) is 5.32 Å². The highest BCUT2D eigenvalue weighted by Crippen LogP contribution is 2.38. The van der Waals surface area contributed by atoms with Crippen LogP contribution in [-0.4, -0.2) is 48.1 Å². The lowest BCUT2D eigenvalue weighted by molar-refractivity contribution is -0.116. The lowest BCUT2D eigenvalue weighted by Gasteiger charge is -2.15. The van der Waals surface area contributed by atoms with Crippen molar-refractivity contribution in [1.82, 2.24) is 9.88 Å². The molecule has 29 heavy (non-hydrogen) atoms. The number of aromatic hydroxyl groups is 1. The monoisotopic (exact) mass is 393 g/mol. The van der Waals surface area contributed by atoms with Crippen molar-refractivity contribution >= 4 is 22.5 Å². The van der Waals surface area contributed by atoms with Crippen LogP contribution < -0.4 is 10.1 Å². The summed E-state index contributed by atoms with van der Waals surface area (Å²) in [5, 5.41) is 14.6. The summed E-state index contributed by atoms with van der Waals surface area (Å²) in [5.41, 5.74) is 4.74. The van der Waals surface area contributed by atoms with Crippen LogP contribution >= 0.6 is 0 Å². The number of carbonyl (C=O) groups is 1. The largest absolute Gasteiger partial charge is 0.504 e. The maximum atomic E-state index is 12.2. The molecule has 2 aromatic carbocycles. The highest BCUT2D eigenvalue weighted by atomic mass is 16.5. The van der Waals surface area contributed by atoms with Gasteiger partial charge >= 0.3 is 0 Å². The number of pyridine rings is 1. The number of carbonyl (C=O) groups excluding carboxylic acids is 1. The lowest BCUT2D eigenvalue weighted by Crippen LogP contribution is -2.27. The van der Waals surface area contributed by atoms with Crippen LogP contribution in [0, 0.1) is 13.8 Å². The minimum atomic E-state index is -0.0765. The van der Waals surface area contributed by atoms with Crippen LogP contribution in [0.1, 0.15) is 18.1 Å². The Bertz CT molecular complexity index is 1060. The smallest absolute Gasteiger partial charge is 0.238 e. The van der Waals surface area contributed by atoms with Crippen molar-refractivity contribution < 1.29 is 14.6 Å². The number of hydrogen-bond donors (Lipinski definition) is 2. The Kier molecular flexibility index (Phi) is 6.03. The number of rotatable bonds is 6. The normalized spacial score (nSPS) is 11.1. The van der Waals surface area contributed by atoms with Gasteiger partial charge < -0.3 is 20.1 Å². The maximum absolute atomic E-state index is 12.2. The number of fused-ring (bicyclic) bond motifs is 1. The number of para-hydroxylation sites is 1. The van der Waals surface area contributed by atoms with E-state index in [4.69, 9.17) is 9.72 Å². The third kappa shape index (κ3) is 4.32. The number of phenolic OH excluding ortho intramolecular Hbond substituents is 1. The summed E-state index contributed by atoms with van der Waals surface area (Å²) in [6.07, 6.45) is 0. The van der Waals surface area contributed by atoms with E-state index in [1.54, 1.807) is 6.07 Å². The average Bonchev–Trinajstić information content (AvgIpc) is 2.65. The van der Waals surface area contributed by atoms with Crippen LogP contribution in [0.2, 0.25) is 0 Å². The third-order valence-electron chi connectivity index (χ3n) is 4.75. The number of likely N-dealkylation sites (N-methyl/N-ethyl adjacent to an activating group) is 1. The zero-order chi connectivity index (χ0) is 21.1. The van der Waals surface area contributed by atoms with Gasteiger partial charge in [-0.15, -0.1) is 0 Å². The molecule has 3 rings (SSSR count). The van der Waals surface area contributed by atoms with Crippen molar-refractivity contribution in [2.45, 2.75) is 20.8 Å². The summed E-state index contributed by atoms with van der Waals surface area (Å²) in [6.45, 7) is 6.61. The molecule has 0 saturated carbocycles. The first-order chi connectivity index (χ1) is 13.8. The second-order valence-electron chi connectivity index (χ2n) is 7.33. The second kappa shape index (κ2) is 8.49. The van der Waals surface area contributed by atoms with Crippen LogP contribution in [0.15, 0.2) is 36.4 Å². The molecule has 2 N–H and O–H groups in total. The molecular weight excluding hydrogens is 366 g/mol. The summed E-state index contributed by atoms with van der Waals surface area (Å²) in [6, 6.07) is 11.2. The van der Waals surface area contributed by atoms with Gasteiger partial charge in [-0.1, -0.05) is 12.1 Å². The van der Waals surface area contributed by atoms with Gasteiger partial charge in [-0.3, -0.25) is 4.79 Å². The molecule has 0 bridgehead atoms. The fourth-order valence-corrected chi connectivity index (χ4v) is 3.35. The van der Waals surface area contributed by atoms with Crippen molar-refractivity contribution in [1.29, 1.82) is 0 Å². The van der Waals surface area contributed by atoms with Crippen molar-refractivity contribution in [3.05, 3.63) is 47.5 Å². The molecule has 0 saturated heterocycles. The molecule has 6 nitrogen and oxygen atoms in total. The minimum absolute atomic E-state index is 0.0765. The van der Waals surface area contributed by atoms with Crippen LogP contribution in [0.5, 0.6) is 11.5 Å². The van der Waals surface area contributed by atoms with E-state index in [1.165, 1.54) is 0 Å². The van der Waals surface area contributed by atoms with Gasteiger partial charge in [-0.2, -0.15) is 0 Å². The van der Waals surface area contributed by atoms with Gasteiger partial charge in [0.25, 0.3) is 0 Å². The van der Waals surface area contributed by atoms with E-state index in [1.807, 2.05) is 70.1 Å². The van der Waals surface area contributed by atoms with Gasteiger partial charge in [0.05, 0.1) is 24.4 Å². The highest BCUT2D eigenvalue weighted by molar-refractivity contribution is 5.98. The molecule has 0 atom stereocenters. The predicted octanol–water partition coefficient (Wildman–Crippen LogP) is 4.12. The van der Waals surface area contributed by atoms with E-state index in [0.717, 1.165) is 27.7 Å². The van der Waals surface area contributed by atoms with Gasteiger partial charge in [0.15, 0.2) is 11.5 Å². The Morgan fingerprint density at radius 2 is 1.97 bits per heavy atom. The Morgan fingerprint density at radius 1 is 1.21 bits per heavy atom. The van der Waals surface area contributed by atoms with Crippen LogP contribution in [0.4, 0.5) is 5.69 Å². The van der Waals surface area contributed by atoms with Gasteiger partial charge in [0, 0.05) is 16.6 Å². The van der Waals surface area contributed by atoms with Crippen molar-refractivity contribution in [3.8, 4) is 22.8 Å². The van der Waals surface area contributed by atoms with E-state index in [9.17, 15) is 9.90 Å². The van der Waals surface area contributed by atoms with E-state index in [0.29, 0.717) is 30.2 Å². The second-order valence-corrected chi connectivity index (χ2v) is 7.33. The van der Waals surface area contributed by atoms with Crippen LogP contribution in [-0.2, 0) is 4.79 Å². The molecule has 1 aromatic heterocycles. The standard InChI is InChI=1S/C23H27N3O3/c1-6-29-20-9-7-8-17(23(20)28)19-12-14(2)16-10-11-18(15(3)22(16)25-19)24-21(27)13-26(4)5/h7-12,28H,6,13H2,1-5H3,(H,24,27). The van der Waals surface area contributed by atoms with Gasteiger partial charge in [0.1, 0.15) is 0 Å². The summed E-state index contributed by atoms with van der Waals surface area (Å²) in [5.74, 6) is 0.437. The van der Waals surface area contributed by atoms with E-state index in [-0.39, 0.29) is 11.7 Å². The Labute approximate surface area is 171 Å². The minimum Gasteiger partial charge on any atom is -0.504 e. The molecule has 3 aromatic rings. The Hall–Kier alpha value is -3.12. The van der Waals surface area contributed by atoms with Gasteiger partial charge in [-0.05, 0) is 70.3 Å². The molecule has 6 heteroatoms. The van der Waals surface area contributed by atoms with Crippen molar-refractivity contribution in [2.24, 2.45) is 0 Å². The van der Waals surface area contributed by atoms with Crippen LogP contribution in [0.3, 0.4) is 0 Å². The zero-order valence-corrected chi connectivity index (χ0v) is 17.5. The lowest BCUT2D eigenvalue weighted by atomic mass is 10.0. The molecule has 0 unspecified atom stereocenters. The first kappa shape index (κ1) is 20.6. The molecule has 0 radical (unpaired) electrons. The van der Waals surface area contributed by atoms with Crippen molar-refractivity contribution in [2.75, 3.05) is 32.6 Å². The molecule has 0 aliphatic heterocycles. The average molecular weight is 393 g/mol. The fraction of sp³-hybridized carbons (Fsp3) is 0.304. The van der Waals surface area contributed by atoms with Crippen molar-refractivity contribution in [3.63, 3.8) is 0 Å². The number of ether oxygens (including phenoxy) is 1. The molecule has 0 spiro atoms. The molecule has 1 amide bonds.